The molecule has 1 heterocycles. The van der Waals surface area contributed by atoms with Crippen LogP contribution in [0.4, 0.5) is 5.69 Å². The number of nitriles is 1. The molecule has 0 saturated heterocycles. The molecule has 8 nitrogen and oxygen atoms in total. The Morgan fingerprint density at radius 1 is 1.00 bits per heavy atom. The minimum absolute atomic E-state index is 0.215. The minimum atomic E-state index is -3.50. The Morgan fingerprint density at radius 3 is 2.17 bits per heavy atom. The number of anilines is 1. The molecule has 1 atom stereocenters. The molecule has 0 aliphatic carbocycles. The lowest BCUT2D eigenvalue weighted by Crippen LogP contribution is -2.24. The lowest BCUT2D eigenvalue weighted by molar-refractivity contribution is 0.473. The van der Waals surface area contributed by atoms with Crippen LogP contribution < -0.4 is 10.0 Å². The van der Waals surface area contributed by atoms with Crippen LogP contribution in [-0.4, -0.2) is 31.9 Å². The van der Waals surface area contributed by atoms with E-state index in [2.05, 4.69) is 35.3 Å². The number of rotatable bonds is 5. The summed E-state index contributed by atoms with van der Waals surface area (Å²) in [6.45, 7) is 3.81. The maximum atomic E-state index is 12.0. The Morgan fingerprint density at radius 2 is 1.63 bits per heavy atom. The van der Waals surface area contributed by atoms with Crippen molar-refractivity contribution in [2.75, 3.05) is 17.6 Å². The summed E-state index contributed by atoms with van der Waals surface area (Å²) in [6.07, 6.45) is 1.11. The van der Waals surface area contributed by atoms with Gasteiger partial charge in [-0.1, -0.05) is 54.1 Å². The second kappa shape index (κ2) is 11.0. The molecule has 35 heavy (non-hydrogen) atoms. The Kier molecular flexibility index (Phi) is 8.02. The first-order valence-corrected chi connectivity index (χ1v) is 12.6. The van der Waals surface area contributed by atoms with Crippen molar-refractivity contribution in [3.05, 3.63) is 89.8 Å². The highest BCUT2D eigenvalue weighted by molar-refractivity contribution is 7.92. The molecule has 0 radical (unpaired) electrons. The zero-order valence-corrected chi connectivity index (χ0v) is 20.8. The van der Waals surface area contributed by atoms with Crippen LogP contribution in [0.25, 0.3) is 22.6 Å². The third-order valence-electron chi connectivity index (χ3n) is 5.15. The van der Waals surface area contributed by atoms with E-state index in [4.69, 9.17) is 10.2 Å². The standard InChI is InChI=1S/C19H19N5O3S.C7H8/c1-12(21)18-22-23-19(27-18)15-8-14(17-7-5-4-6-13(17)11-20)9-16(10-15)24(2)28(3,25)26;1-7-5-3-2-4-6-7/h4-10,12H,21H2,1-3H3;2-6H,1H3. The quantitative estimate of drug-likeness (QED) is 0.431. The largest absolute Gasteiger partial charge is 0.419 e. The molecule has 0 fully saturated rings. The van der Waals surface area contributed by atoms with Gasteiger partial charge < -0.3 is 10.2 Å². The first-order valence-electron chi connectivity index (χ1n) is 10.8. The Hall–Kier alpha value is -4.00. The van der Waals surface area contributed by atoms with Crippen LogP contribution in [0, 0.1) is 18.3 Å². The van der Waals surface area contributed by atoms with Crippen molar-refractivity contribution in [1.82, 2.24) is 10.2 Å². The second-order valence-corrected chi connectivity index (χ2v) is 10.1. The molecule has 4 rings (SSSR count). The van der Waals surface area contributed by atoms with Gasteiger partial charge in [0.25, 0.3) is 0 Å². The van der Waals surface area contributed by atoms with E-state index in [1.807, 2.05) is 24.3 Å². The molecule has 9 heteroatoms. The van der Waals surface area contributed by atoms with Gasteiger partial charge in [0, 0.05) is 12.6 Å². The lowest BCUT2D eigenvalue weighted by Gasteiger charge is -2.19. The molecule has 0 spiro atoms. The van der Waals surface area contributed by atoms with E-state index in [1.54, 1.807) is 43.3 Å². The number of hydrogen-bond donors (Lipinski definition) is 1. The van der Waals surface area contributed by atoms with Gasteiger partial charge in [-0.3, -0.25) is 4.31 Å². The normalized spacial score (nSPS) is 11.7. The number of aromatic nitrogens is 2. The first-order chi connectivity index (χ1) is 16.6. The van der Waals surface area contributed by atoms with E-state index in [1.165, 1.54) is 12.6 Å². The summed E-state index contributed by atoms with van der Waals surface area (Å²) in [5.74, 6) is 0.489. The van der Waals surface area contributed by atoms with Gasteiger partial charge in [0.1, 0.15) is 0 Å². The van der Waals surface area contributed by atoms with E-state index in [-0.39, 0.29) is 11.8 Å². The number of hydrogen-bond acceptors (Lipinski definition) is 7. The number of nitrogens with zero attached hydrogens (tertiary/aromatic N) is 4. The molecule has 3 aromatic carbocycles. The highest BCUT2D eigenvalue weighted by Crippen LogP contribution is 2.33. The molecule has 1 unspecified atom stereocenters. The summed E-state index contributed by atoms with van der Waals surface area (Å²) >= 11 is 0. The average molecular weight is 490 g/mol. The number of aryl methyl sites for hydroxylation is 1. The summed E-state index contributed by atoms with van der Waals surface area (Å²) in [5, 5.41) is 17.4. The molecular formula is C26H27N5O3S. The fourth-order valence-corrected chi connectivity index (χ4v) is 3.65. The summed E-state index contributed by atoms with van der Waals surface area (Å²) < 4.78 is 30.9. The summed E-state index contributed by atoms with van der Waals surface area (Å²) in [4.78, 5) is 0. The van der Waals surface area contributed by atoms with Gasteiger partial charge in [0.2, 0.25) is 21.8 Å². The van der Waals surface area contributed by atoms with Crippen molar-refractivity contribution < 1.29 is 12.8 Å². The predicted octanol–water partition coefficient (Wildman–Crippen LogP) is 4.69. The Bertz CT molecular complexity index is 1440. The first kappa shape index (κ1) is 25.6. The van der Waals surface area contributed by atoms with E-state index < -0.39 is 16.1 Å². The second-order valence-electron chi connectivity index (χ2n) is 8.05. The van der Waals surface area contributed by atoms with Crippen molar-refractivity contribution in [2.24, 2.45) is 5.73 Å². The fourth-order valence-electron chi connectivity index (χ4n) is 3.17. The molecule has 0 amide bonds. The zero-order valence-electron chi connectivity index (χ0n) is 20.0. The van der Waals surface area contributed by atoms with E-state index in [9.17, 15) is 13.7 Å². The van der Waals surface area contributed by atoms with Gasteiger partial charge in [-0.2, -0.15) is 5.26 Å². The van der Waals surface area contributed by atoms with Gasteiger partial charge in [0.05, 0.1) is 29.6 Å². The van der Waals surface area contributed by atoms with Crippen molar-refractivity contribution in [3.8, 4) is 28.7 Å². The molecule has 0 aliphatic heterocycles. The maximum Gasteiger partial charge on any atom is 0.247 e. The lowest BCUT2D eigenvalue weighted by atomic mass is 9.98. The van der Waals surface area contributed by atoms with Gasteiger partial charge in [-0.05, 0) is 49.2 Å². The minimum Gasteiger partial charge on any atom is -0.419 e. The Balaban J connectivity index is 0.000000420. The van der Waals surface area contributed by atoms with Crippen LogP contribution >= 0.6 is 0 Å². The number of benzene rings is 3. The van der Waals surface area contributed by atoms with Gasteiger partial charge in [0.15, 0.2) is 0 Å². The molecule has 1 aromatic heterocycles. The fraction of sp³-hybridized carbons (Fsp3) is 0.192. The predicted molar refractivity (Wildman–Crippen MR) is 137 cm³/mol. The molecule has 4 aromatic rings. The number of nitrogens with two attached hydrogens (primary N) is 1. The van der Waals surface area contributed by atoms with E-state index >= 15 is 0 Å². The van der Waals surface area contributed by atoms with Gasteiger partial charge in [-0.15, -0.1) is 10.2 Å². The smallest absolute Gasteiger partial charge is 0.247 e. The van der Waals surface area contributed by atoms with Crippen LogP contribution in [0.2, 0.25) is 0 Å². The van der Waals surface area contributed by atoms with Crippen LogP contribution in [0.3, 0.4) is 0 Å². The van der Waals surface area contributed by atoms with Gasteiger partial charge >= 0.3 is 0 Å². The van der Waals surface area contributed by atoms with E-state index in [0.29, 0.717) is 27.9 Å². The van der Waals surface area contributed by atoms with Gasteiger partial charge in [-0.25, -0.2) is 8.42 Å². The topological polar surface area (TPSA) is 126 Å². The van der Waals surface area contributed by atoms with Crippen LogP contribution in [0.1, 0.15) is 30.0 Å². The summed E-state index contributed by atoms with van der Waals surface area (Å²) in [6, 6.07) is 24.2. The molecule has 2 N–H and O–H groups in total. The van der Waals surface area contributed by atoms with Crippen molar-refractivity contribution in [3.63, 3.8) is 0 Å². The third-order valence-corrected chi connectivity index (χ3v) is 6.36. The molecule has 0 aliphatic rings. The highest BCUT2D eigenvalue weighted by atomic mass is 32.2. The van der Waals surface area contributed by atoms with Crippen molar-refractivity contribution >= 4 is 15.7 Å². The number of sulfonamides is 1. The SMILES string of the molecule is CC(N)c1nnc(-c2cc(-c3ccccc3C#N)cc(N(C)S(C)(=O)=O)c2)o1.Cc1ccccc1. The monoisotopic (exact) mass is 489 g/mol. The van der Waals surface area contributed by atoms with Crippen molar-refractivity contribution in [1.29, 1.82) is 5.26 Å². The molecule has 0 bridgehead atoms. The molecule has 180 valence electrons. The Labute approximate surface area is 205 Å². The average Bonchev–Trinajstić information content (AvgIpc) is 3.34. The van der Waals surface area contributed by atoms with Crippen molar-refractivity contribution in [2.45, 2.75) is 19.9 Å². The summed E-state index contributed by atoms with van der Waals surface area (Å²) in [7, 11) is -2.04. The van der Waals surface area contributed by atoms with Crippen LogP contribution in [0.15, 0.2) is 77.2 Å². The maximum absolute atomic E-state index is 12.0. The summed E-state index contributed by atoms with van der Waals surface area (Å²) in [5.41, 5.74) is 9.82. The molecule has 0 saturated carbocycles. The van der Waals surface area contributed by atoms with E-state index in [0.717, 1.165) is 10.6 Å². The third kappa shape index (κ3) is 6.53. The van der Waals surface area contributed by atoms with Crippen LogP contribution in [0.5, 0.6) is 0 Å². The van der Waals surface area contributed by atoms with Crippen LogP contribution in [-0.2, 0) is 10.0 Å². The highest BCUT2D eigenvalue weighted by Gasteiger charge is 2.19. The zero-order chi connectivity index (χ0) is 25.6. The molecular weight excluding hydrogens is 462 g/mol.